The second-order valence-electron chi connectivity index (χ2n) is 4.83. The predicted octanol–water partition coefficient (Wildman–Crippen LogP) is 2.83. The molecule has 1 N–H and O–H groups in total. The topological polar surface area (TPSA) is 66.5 Å². The number of rotatable bonds is 5. The van der Waals surface area contributed by atoms with Crippen molar-refractivity contribution in [2.75, 3.05) is 18.8 Å². The Kier molecular flexibility index (Phi) is 5.10. The normalized spacial score (nSPS) is 11.2. The zero-order chi connectivity index (χ0) is 16.3. The number of halogens is 1. The largest absolute Gasteiger partial charge is 0.349 e. The van der Waals surface area contributed by atoms with Gasteiger partial charge >= 0.3 is 0 Å². The number of amides is 1. The zero-order valence-electron chi connectivity index (χ0n) is 12.0. The van der Waals surface area contributed by atoms with E-state index in [9.17, 15) is 13.2 Å². The molecular weight excluding hydrogens is 344 g/mol. The molecule has 0 fully saturated rings. The Morgan fingerprint density at radius 2 is 1.82 bits per heavy atom. The average Bonchev–Trinajstić information content (AvgIpc) is 2.88. The maximum Gasteiger partial charge on any atom is 0.271 e. The first kappa shape index (κ1) is 16.8. The molecule has 8 heteroatoms. The van der Waals surface area contributed by atoms with Crippen LogP contribution >= 0.6 is 22.9 Å². The van der Waals surface area contributed by atoms with E-state index in [0.29, 0.717) is 10.0 Å². The highest BCUT2D eigenvalue weighted by molar-refractivity contribution is 7.94. The van der Waals surface area contributed by atoms with E-state index < -0.39 is 10.0 Å². The minimum Gasteiger partial charge on any atom is -0.349 e. The molecule has 1 aromatic heterocycles. The fourth-order valence-corrected chi connectivity index (χ4v) is 4.21. The van der Waals surface area contributed by atoms with Crippen molar-refractivity contribution in [3.63, 3.8) is 0 Å². The molecule has 1 heterocycles. The molecule has 118 valence electrons. The number of thiophene rings is 1. The van der Waals surface area contributed by atoms with E-state index in [1.54, 1.807) is 38.4 Å². The van der Waals surface area contributed by atoms with E-state index in [0.717, 1.165) is 16.9 Å². The fourth-order valence-electron chi connectivity index (χ4n) is 1.67. The molecule has 0 unspecified atom stereocenters. The van der Waals surface area contributed by atoms with E-state index in [-0.39, 0.29) is 16.5 Å². The summed E-state index contributed by atoms with van der Waals surface area (Å²) in [5.41, 5.74) is 1.26. The van der Waals surface area contributed by atoms with E-state index in [4.69, 9.17) is 11.6 Å². The summed E-state index contributed by atoms with van der Waals surface area (Å²) in [7, 11) is -0.250. The van der Waals surface area contributed by atoms with Gasteiger partial charge in [0.25, 0.3) is 10.0 Å². The van der Waals surface area contributed by atoms with E-state index >= 15 is 0 Å². The highest BCUT2D eigenvalue weighted by atomic mass is 35.5. The molecular formula is C14H15ClN2O3S2. The van der Waals surface area contributed by atoms with Crippen LogP contribution in [0.1, 0.15) is 5.56 Å². The summed E-state index contributed by atoms with van der Waals surface area (Å²) in [5.74, 6) is -0.0124. The quantitative estimate of drug-likeness (QED) is 0.893. The van der Waals surface area contributed by atoms with E-state index in [1.807, 2.05) is 0 Å². The minimum atomic E-state index is -3.63. The van der Waals surface area contributed by atoms with Crippen LogP contribution in [0.5, 0.6) is 0 Å². The van der Waals surface area contributed by atoms with Crippen LogP contribution in [0.3, 0.4) is 0 Å². The molecule has 0 radical (unpaired) electrons. The smallest absolute Gasteiger partial charge is 0.271 e. The first-order valence-electron chi connectivity index (χ1n) is 6.35. The van der Waals surface area contributed by atoms with Crippen molar-refractivity contribution < 1.29 is 13.2 Å². The number of carbonyl (C=O) groups excluding carboxylic acids is 1. The third-order valence-corrected chi connectivity index (χ3v) is 5.98. The molecule has 2 rings (SSSR count). The highest BCUT2D eigenvalue weighted by Gasteiger charge is 2.16. The Morgan fingerprint density at radius 1 is 1.18 bits per heavy atom. The Morgan fingerprint density at radius 3 is 2.32 bits per heavy atom. The first-order valence-corrected chi connectivity index (χ1v) is 9.03. The van der Waals surface area contributed by atoms with Crippen molar-refractivity contribution in [3.05, 3.63) is 46.3 Å². The molecule has 0 spiro atoms. The van der Waals surface area contributed by atoms with Crippen LogP contribution in [-0.2, 0) is 21.2 Å². The molecule has 0 saturated carbocycles. The SMILES string of the molecule is CN(C)C(=O)Cc1ccc(NS(=O)(=O)c2ccc(Cl)s2)cc1. The predicted molar refractivity (Wildman–Crippen MR) is 89.0 cm³/mol. The van der Waals surface area contributed by atoms with Crippen LogP contribution in [0.2, 0.25) is 4.34 Å². The number of nitrogens with zero attached hydrogens (tertiary/aromatic N) is 1. The molecule has 0 aliphatic rings. The maximum absolute atomic E-state index is 12.1. The number of likely N-dealkylation sites (N-methyl/N-ethyl adjacent to an activating group) is 1. The summed E-state index contributed by atoms with van der Waals surface area (Å²) in [6, 6.07) is 9.70. The number of sulfonamides is 1. The van der Waals surface area contributed by atoms with Crippen molar-refractivity contribution >= 4 is 44.6 Å². The van der Waals surface area contributed by atoms with Gasteiger partial charge in [0.1, 0.15) is 4.21 Å². The third-order valence-electron chi connectivity index (χ3n) is 2.87. The molecule has 1 amide bonds. The lowest BCUT2D eigenvalue weighted by Gasteiger charge is -2.11. The van der Waals surface area contributed by atoms with Gasteiger partial charge in [0.2, 0.25) is 5.91 Å². The van der Waals surface area contributed by atoms with E-state index in [2.05, 4.69) is 4.72 Å². The summed E-state index contributed by atoms with van der Waals surface area (Å²) < 4.78 is 27.3. The average molecular weight is 359 g/mol. The molecule has 0 bridgehead atoms. The Balaban J connectivity index is 2.10. The Hall–Kier alpha value is -1.57. The van der Waals surface area contributed by atoms with E-state index in [1.165, 1.54) is 17.0 Å². The van der Waals surface area contributed by atoms with Gasteiger partial charge in [0.05, 0.1) is 10.8 Å². The lowest BCUT2D eigenvalue weighted by molar-refractivity contribution is -0.127. The van der Waals surface area contributed by atoms with Crippen molar-refractivity contribution in [3.8, 4) is 0 Å². The van der Waals surface area contributed by atoms with Crippen molar-refractivity contribution in [2.45, 2.75) is 10.6 Å². The van der Waals surface area contributed by atoms with Gasteiger partial charge in [-0.2, -0.15) is 0 Å². The minimum absolute atomic E-state index is 0.0124. The summed E-state index contributed by atoms with van der Waals surface area (Å²) in [4.78, 5) is 13.1. The van der Waals surface area contributed by atoms with Gasteiger partial charge in [0, 0.05) is 19.8 Å². The molecule has 0 aliphatic carbocycles. The van der Waals surface area contributed by atoms with Crippen LogP contribution in [-0.4, -0.2) is 33.3 Å². The summed E-state index contributed by atoms with van der Waals surface area (Å²) >= 11 is 6.75. The van der Waals surface area contributed by atoms with Gasteiger partial charge in [0.15, 0.2) is 0 Å². The number of carbonyl (C=O) groups is 1. The van der Waals surface area contributed by atoms with Gasteiger partial charge in [-0.1, -0.05) is 23.7 Å². The van der Waals surface area contributed by atoms with Crippen molar-refractivity contribution in [2.24, 2.45) is 0 Å². The van der Waals surface area contributed by atoms with Gasteiger partial charge in [-0.05, 0) is 29.8 Å². The van der Waals surface area contributed by atoms with Gasteiger partial charge in [-0.3, -0.25) is 9.52 Å². The van der Waals surface area contributed by atoms with Gasteiger partial charge < -0.3 is 4.90 Å². The summed E-state index contributed by atoms with van der Waals surface area (Å²) in [6.07, 6.45) is 0.278. The Bertz CT molecular complexity index is 768. The molecule has 0 saturated heterocycles. The van der Waals surface area contributed by atoms with Crippen LogP contribution in [0.25, 0.3) is 0 Å². The summed E-state index contributed by atoms with van der Waals surface area (Å²) in [5, 5.41) is 0. The third kappa shape index (κ3) is 4.22. The molecule has 1 aromatic carbocycles. The second-order valence-corrected chi connectivity index (χ2v) is 8.45. The van der Waals surface area contributed by atoms with Gasteiger partial charge in [-0.25, -0.2) is 8.42 Å². The molecule has 5 nitrogen and oxygen atoms in total. The number of nitrogens with one attached hydrogen (secondary N) is 1. The standard InChI is InChI=1S/C14H15ClN2O3S2/c1-17(2)13(18)9-10-3-5-11(6-4-10)16-22(19,20)14-8-7-12(15)21-14/h3-8,16H,9H2,1-2H3. The molecule has 0 aliphatic heterocycles. The van der Waals surface area contributed by atoms with Crippen LogP contribution in [0.4, 0.5) is 5.69 Å². The number of anilines is 1. The number of hydrogen-bond acceptors (Lipinski definition) is 4. The van der Waals surface area contributed by atoms with Crippen LogP contribution < -0.4 is 4.72 Å². The van der Waals surface area contributed by atoms with Crippen LogP contribution in [0.15, 0.2) is 40.6 Å². The maximum atomic E-state index is 12.1. The first-order chi connectivity index (χ1) is 10.3. The summed E-state index contributed by atoms with van der Waals surface area (Å²) in [6.45, 7) is 0. The monoisotopic (exact) mass is 358 g/mol. The van der Waals surface area contributed by atoms with Crippen molar-refractivity contribution in [1.82, 2.24) is 4.90 Å². The zero-order valence-corrected chi connectivity index (χ0v) is 14.4. The van der Waals surface area contributed by atoms with Crippen molar-refractivity contribution in [1.29, 1.82) is 0 Å². The molecule has 22 heavy (non-hydrogen) atoms. The Labute approximate surface area is 138 Å². The fraction of sp³-hybridized carbons (Fsp3) is 0.214. The number of benzene rings is 1. The van der Waals surface area contributed by atoms with Gasteiger partial charge in [-0.15, -0.1) is 11.3 Å². The van der Waals surface area contributed by atoms with Crippen LogP contribution in [0, 0.1) is 0 Å². The number of hydrogen-bond donors (Lipinski definition) is 1. The second kappa shape index (κ2) is 6.68. The lowest BCUT2D eigenvalue weighted by atomic mass is 10.1. The molecule has 0 atom stereocenters. The molecule has 2 aromatic rings. The highest BCUT2D eigenvalue weighted by Crippen LogP contribution is 2.27. The lowest BCUT2D eigenvalue weighted by Crippen LogP contribution is -2.23.